The molecule has 0 aromatic heterocycles. The Balaban J connectivity index is 2.13. The van der Waals surface area contributed by atoms with Crippen molar-refractivity contribution < 1.29 is 14.2 Å². The molecule has 0 unspecified atom stereocenters. The number of methoxy groups -OCH3 is 1. The fourth-order valence-electron chi connectivity index (χ4n) is 1.29. The van der Waals surface area contributed by atoms with Crippen LogP contribution in [0, 0.1) is 0 Å². The second-order valence-corrected chi connectivity index (χ2v) is 4.44. The lowest BCUT2D eigenvalue weighted by Crippen LogP contribution is -2.08. The molecule has 0 atom stereocenters. The Labute approximate surface area is 110 Å². The third-order valence-corrected chi connectivity index (χ3v) is 2.49. The van der Waals surface area contributed by atoms with Crippen LogP contribution in [0.1, 0.15) is 6.42 Å². The number of hydrogen-bond donors (Lipinski definition) is 1. The van der Waals surface area contributed by atoms with Gasteiger partial charge in [0.05, 0.1) is 6.61 Å². The van der Waals surface area contributed by atoms with Crippen LogP contribution in [0.2, 0.25) is 0 Å². The van der Waals surface area contributed by atoms with Gasteiger partial charge in [0.25, 0.3) is 0 Å². The van der Waals surface area contributed by atoms with E-state index in [1.54, 1.807) is 13.2 Å². The zero-order chi connectivity index (χ0) is 12.5. The van der Waals surface area contributed by atoms with Gasteiger partial charge in [-0.05, 0) is 18.6 Å². The van der Waals surface area contributed by atoms with E-state index in [2.05, 4.69) is 15.9 Å². The maximum atomic E-state index is 5.69. The van der Waals surface area contributed by atoms with Crippen molar-refractivity contribution in [1.82, 2.24) is 0 Å². The normalized spacial score (nSPS) is 10.5. The molecule has 17 heavy (non-hydrogen) atoms. The van der Waals surface area contributed by atoms with Crippen LogP contribution in [0.5, 0.6) is 5.75 Å². The molecular formula is C12H18BrNO3. The van der Waals surface area contributed by atoms with E-state index in [-0.39, 0.29) is 0 Å². The van der Waals surface area contributed by atoms with Crippen LogP contribution >= 0.6 is 15.9 Å². The summed E-state index contributed by atoms with van der Waals surface area (Å²) in [5.41, 5.74) is 6.37. The molecule has 0 aliphatic rings. The Morgan fingerprint density at radius 1 is 1.12 bits per heavy atom. The molecule has 0 aliphatic heterocycles. The molecule has 2 N–H and O–H groups in total. The third kappa shape index (κ3) is 6.51. The van der Waals surface area contributed by atoms with E-state index in [9.17, 15) is 0 Å². The van der Waals surface area contributed by atoms with E-state index >= 15 is 0 Å². The van der Waals surface area contributed by atoms with Crippen molar-refractivity contribution >= 4 is 21.6 Å². The molecule has 1 aromatic carbocycles. The van der Waals surface area contributed by atoms with E-state index in [0.29, 0.717) is 25.5 Å². The molecule has 1 aromatic rings. The average Bonchev–Trinajstić information content (AvgIpc) is 2.26. The van der Waals surface area contributed by atoms with Gasteiger partial charge in [-0.15, -0.1) is 0 Å². The first kappa shape index (κ1) is 14.3. The number of ether oxygens (including phenoxy) is 3. The van der Waals surface area contributed by atoms with Crippen molar-refractivity contribution in [1.29, 1.82) is 0 Å². The standard InChI is InChI=1S/C12H18BrNO3/c1-15-3-2-4-16-5-6-17-12-8-10(13)7-11(14)9-12/h7-9H,2-6,14H2,1H3. The highest BCUT2D eigenvalue weighted by Crippen LogP contribution is 2.22. The largest absolute Gasteiger partial charge is 0.491 e. The summed E-state index contributed by atoms with van der Waals surface area (Å²) in [6.07, 6.45) is 0.903. The quantitative estimate of drug-likeness (QED) is 0.592. The summed E-state index contributed by atoms with van der Waals surface area (Å²) >= 11 is 3.36. The first-order valence-electron chi connectivity index (χ1n) is 5.48. The van der Waals surface area contributed by atoms with Crippen LogP contribution in [0.4, 0.5) is 5.69 Å². The molecule has 0 bridgehead atoms. The van der Waals surface area contributed by atoms with Crippen molar-refractivity contribution in [2.75, 3.05) is 39.3 Å². The number of anilines is 1. The molecule has 0 saturated carbocycles. The summed E-state index contributed by atoms with van der Waals surface area (Å²) in [7, 11) is 1.68. The number of halogens is 1. The second kappa shape index (κ2) is 8.33. The van der Waals surface area contributed by atoms with Crippen molar-refractivity contribution in [3.8, 4) is 5.75 Å². The highest BCUT2D eigenvalue weighted by molar-refractivity contribution is 9.10. The molecule has 0 amide bonds. The zero-order valence-electron chi connectivity index (χ0n) is 9.95. The second-order valence-electron chi connectivity index (χ2n) is 3.53. The summed E-state index contributed by atoms with van der Waals surface area (Å²) in [5.74, 6) is 0.748. The van der Waals surface area contributed by atoms with Crippen LogP contribution < -0.4 is 10.5 Å². The van der Waals surface area contributed by atoms with Gasteiger partial charge < -0.3 is 19.9 Å². The highest BCUT2D eigenvalue weighted by atomic mass is 79.9. The molecule has 0 spiro atoms. The van der Waals surface area contributed by atoms with E-state index in [4.69, 9.17) is 19.9 Å². The van der Waals surface area contributed by atoms with E-state index in [1.807, 2.05) is 12.1 Å². The fraction of sp³-hybridized carbons (Fsp3) is 0.500. The van der Waals surface area contributed by atoms with Crippen molar-refractivity contribution in [2.45, 2.75) is 6.42 Å². The molecule has 0 saturated heterocycles. The van der Waals surface area contributed by atoms with Gasteiger partial charge in [0, 0.05) is 36.6 Å². The summed E-state index contributed by atoms with van der Waals surface area (Å²) < 4.78 is 16.7. The summed E-state index contributed by atoms with van der Waals surface area (Å²) in [6.45, 7) is 2.50. The van der Waals surface area contributed by atoms with E-state index in [0.717, 1.165) is 23.2 Å². The molecule has 0 heterocycles. The number of benzene rings is 1. The molecule has 5 heteroatoms. The maximum absolute atomic E-state index is 5.69. The van der Waals surface area contributed by atoms with Crippen LogP contribution in [-0.2, 0) is 9.47 Å². The molecular weight excluding hydrogens is 286 g/mol. The lowest BCUT2D eigenvalue weighted by molar-refractivity contribution is 0.0806. The Kier molecular flexibility index (Phi) is 7.00. The predicted molar refractivity (Wildman–Crippen MR) is 71.4 cm³/mol. The Bertz CT molecular complexity index is 313. The molecule has 0 fully saturated rings. The van der Waals surface area contributed by atoms with Gasteiger partial charge in [0.15, 0.2) is 0 Å². The topological polar surface area (TPSA) is 53.7 Å². The van der Waals surface area contributed by atoms with E-state index < -0.39 is 0 Å². The Hall–Kier alpha value is -0.780. The SMILES string of the molecule is COCCCOCCOc1cc(N)cc(Br)c1. The van der Waals surface area contributed by atoms with Crippen molar-refractivity contribution in [3.63, 3.8) is 0 Å². The van der Waals surface area contributed by atoms with Gasteiger partial charge >= 0.3 is 0 Å². The Morgan fingerprint density at radius 3 is 2.65 bits per heavy atom. The minimum absolute atomic E-state index is 0.517. The van der Waals surface area contributed by atoms with Gasteiger partial charge in [0.2, 0.25) is 0 Å². The number of nitrogen functional groups attached to an aromatic ring is 1. The minimum Gasteiger partial charge on any atom is -0.491 e. The van der Waals surface area contributed by atoms with Crippen LogP contribution in [0.15, 0.2) is 22.7 Å². The summed E-state index contributed by atoms with van der Waals surface area (Å²) in [4.78, 5) is 0. The number of rotatable bonds is 8. The highest BCUT2D eigenvalue weighted by Gasteiger charge is 1.98. The van der Waals surface area contributed by atoms with Crippen LogP contribution in [0.3, 0.4) is 0 Å². The lowest BCUT2D eigenvalue weighted by Gasteiger charge is -2.08. The summed E-state index contributed by atoms with van der Waals surface area (Å²) in [5, 5.41) is 0. The zero-order valence-corrected chi connectivity index (χ0v) is 11.5. The molecule has 4 nitrogen and oxygen atoms in total. The maximum Gasteiger partial charge on any atom is 0.122 e. The van der Waals surface area contributed by atoms with Gasteiger partial charge in [-0.1, -0.05) is 15.9 Å². The third-order valence-electron chi connectivity index (χ3n) is 2.03. The summed E-state index contributed by atoms with van der Waals surface area (Å²) in [6, 6.07) is 5.49. The molecule has 0 radical (unpaired) electrons. The first-order chi connectivity index (χ1) is 8.22. The number of hydrogen-bond acceptors (Lipinski definition) is 4. The van der Waals surface area contributed by atoms with Crippen LogP contribution in [0.25, 0.3) is 0 Å². The molecule has 1 rings (SSSR count). The molecule has 96 valence electrons. The number of nitrogens with two attached hydrogens (primary N) is 1. The van der Waals surface area contributed by atoms with Crippen molar-refractivity contribution in [3.05, 3.63) is 22.7 Å². The monoisotopic (exact) mass is 303 g/mol. The van der Waals surface area contributed by atoms with Gasteiger partial charge in [0.1, 0.15) is 12.4 Å². The van der Waals surface area contributed by atoms with Gasteiger partial charge in [-0.25, -0.2) is 0 Å². The first-order valence-corrected chi connectivity index (χ1v) is 6.27. The smallest absolute Gasteiger partial charge is 0.122 e. The Morgan fingerprint density at radius 2 is 1.94 bits per heavy atom. The van der Waals surface area contributed by atoms with Gasteiger partial charge in [-0.2, -0.15) is 0 Å². The fourth-order valence-corrected chi connectivity index (χ4v) is 1.78. The molecule has 0 aliphatic carbocycles. The van der Waals surface area contributed by atoms with Gasteiger partial charge in [-0.3, -0.25) is 0 Å². The minimum atomic E-state index is 0.517. The average molecular weight is 304 g/mol. The predicted octanol–water partition coefficient (Wildman–Crippen LogP) is 2.46. The van der Waals surface area contributed by atoms with E-state index in [1.165, 1.54) is 0 Å². The van der Waals surface area contributed by atoms with Crippen LogP contribution in [-0.4, -0.2) is 33.5 Å². The van der Waals surface area contributed by atoms with Crippen molar-refractivity contribution in [2.24, 2.45) is 0 Å². The lowest BCUT2D eigenvalue weighted by atomic mass is 10.3.